The van der Waals surface area contributed by atoms with Crippen LogP contribution in [0.25, 0.3) is 0 Å². The summed E-state index contributed by atoms with van der Waals surface area (Å²) in [6.07, 6.45) is 2.13. The molecule has 1 heterocycles. The van der Waals surface area contributed by atoms with Crippen LogP contribution in [0.5, 0.6) is 5.75 Å². The van der Waals surface area contributed by atoms with E-state index in [9.17, 15) is 13.6 Å². The van der Waals surface area contributed by atoms with E-state index < -0.39 is 11.9 Å². The maximum atomic E-state index is 12.3. The Morgan fingerprint density at radius 1 is 1.41 bits per heavy atom. The number of carbonyl (C=O) groups excluding carboxylic acids is 1. The van der Waals surface area contributed by atoms with Crippen molar-refractivity contribution >= 4 is 51.4 Å². The van der Waals surface area contributed by atoms with Crippen LogP contribution in [0.15, 0.2) is 22.5 Å². The Morgan fingerprint density at radius 2 is 2.19 bits per heavy atom. The van der Waals surface area contributed by atoms with Gasteiger partial charge in [0, 0.05) is 12.2 Å². The van der Waals surface area contributed by atoms with Gasteiger partial charge in [-0.3, -0.25) is 4.79 Å². The highest BCUT2D eigenvalue weighted by Crippen LogP contribution is 2.31. The van der Waals surface area contributed by atoms with Gasteiger partial charge in [-0.1, -0.05) is 48.0 Å². The highest BCUT2D eigenvalue weighted by Gasteiger charge is 2.18. The largest absolute Gasteiger partial charge is 0.433 e. The summed E-state index contributed by atoms with van der Waals surface area (Å²) in [6, 6.07) is 4.08. The first-order valence-electron chi connectivity index (χ1n) is 8.18. The Balaban J connectivity index is 1.89. The molecular weight excluding hydrogens is 418 g/mol. The fourth-order valence-corrected chi connectivity index (χ4v) is 4.07. The Morgan fingerprint density at radius 3 is 2.85 bits per heavy atom. The molecule has 0 spiro atoms. The van der Waals surface area contributed by atoms with Gasteiger partial charge >= 0.3 is 6.61 Å². The molecule has 11 heteroatoms. The summed E-state index contributed by atoms with van der Waals surface area (Å²) >= 11 is 8.55. The Hall–Kier alpha value is -1.65. The predicted molar refractivity (Wildman–Crippen MR) is 105 cm³/mol. The lowest BCUT2D eigenvalue weighted by molar-refractivity contribution is -0.115. The third-order valence-electron chi connectivity index (χ3n) is 3.28. The molecule has 0 aliphatic carbocycles. The van der Waals surface area contributed by atoms with Crippen LogP contribution in [-0.4, -0.2) is 34.5 Å². The van der Waals surface area contributed by atoms with Crippen LogP contribution in [0.1, 0.15) is 26.7 Å². The van der Waals surface area contributed by atoms with Gasteiger partial charge in [0.2, 0.25) is 11.0 Å². The number of aromatic nitrogens is 2. The Kier molecular flexibility index (Phi) is 8.52. The lowest BCUT2D eigenvalue weighted by Gasteiger charge is -2.12. The molecule has 27 heavy (non-hydrogen) atoms. The van der Waals surface area contributed by atoms with Gasteiger partial charge in [-0.15, -0.1) is 10.2 Å². The maximum absolute atomic E-state index is 12.3. The number of thioether (sulfide) groups is 1. The Bertz CT molecular complexity index is 764. The molecule has 1 atom stereocenters. The van der Waals surface area contributed by atoms with Crippen molar-refractivity contribution in [2.45, 2.75) is 42.9 Å². The van der Waals surface area contributed by atoms with Crippen LogP contribution in [0, 0.1) is 0 Å². The number of nitrogens with one attached hydrogen (secondary N) is 2. The van der Waals surface area contributed by atoms with Crippen LogP contribution in [-0.2, 0) is 4.79 Å². The quantitative estimate of drug-likeness (QED) is 0.397. The summed E-state index contributed by atoms with van der Waals surface area (Å²) in [5.74, 6) is -0.418. The zero-order chi connectivity index (χ0) is 19.8. The van der Waals surface area contributed by atoms with E-state index >= 15 is 0 Å². The summed E-state index contributed by atoms with van der Waals surface area (Å²) < 4.78 is 29.4. The number of halogens is 3. The lowest BCUT2D eigenvalue weighted by Crippen LogP contribution is -2.22. The minimum Gasteiger partial charge on any atom is -0.433 e. The molecule has 1 unspecified atom stereocenters. The number of benzene rings is 1. The van der Waals surface area contributed by atoms with Gasteiger partial charge in [0.05, 0.1) is 10.3 Å². The molecule has 0 bridgehead atoms. The zero-order valence-electron chi connectivity index (χ0n) is 14.7. The van der Waals surface area contributed by atoms with Gasteiger partial charge in [-0.05, 0) is 31.5 Å². The van der Waals surface area contributed by atoms with Gasteiger partial charge in [-0.2, -0.15) is 8.78 Å². The topological polar surface area (TPSA) is 76.1 Å². The first-order valence-corrected chi connectivity index (χ1v) is 10.3. The minimum absolute atomic E-state index is 0.0136. The fraction of sp³-hybridized carbons (Fsp3) is 0.438. The molecule has 0 saturated heterocycles. The second kappa shape index (κ2) is 10.6. The molecule has 2 rings (SSSR count). The first kappa shape index (κ1) is 21.6. The molecule has 2 aromatic rings. The first-order chi connectivity index (χ1) is 12.9. The standard InChI is InChI=1S/C16H19ClF2N4O2S2/c1-3-4-7-20-15-22-23-16(27-15)26-9(2)13(24)21-10-5-6-12(11(17)8-10)25-14(18)19/h5-6,8-9,14H,3-4,7H2,1-2H3,(H,20,22)(H,21,24). The van der Waals surface area contributed by atoms with Gasteiger partial charge in [0.15, 0.2) is 4.34 Å². The van der Waals surface area contributed by atoms with Crippen molar-refractivity contribution in [1.82, 2.24) is 10.2 Å². The summed E-state index contributed by atoms with van der Waals surface area (Å²) in [6.45, 7) is 1.71. The number of anilines is 2. The second-order valence-corrected chi connectivity index (χ2v) is 8.40. The average molecular weight is 437 g/mol. The molecule has 0 aliphatic rings. The SMILES string of the molecule is CCCCNc1nnc(SC(C)C(=O)Nc2ccc(OC(F)F)c(Cl)c2)s1. The van der Waals surface area contributed by atoms with Crippen molar-refractivity contribution in [2.24, 2.45) is 0 Å². The number of hydrogen-bond acceptors (Lipinski definition) is 7. The van der Waals surface area contributed by atoms with Crippen molar-refractivity contribution in [2.75, 3.05) is 17.2 Å². The zero-order valence-corrected chi connectivity index (χ0v) is 17.1. The van der Waals surface area contributed by atoms with Gasteiger partial charge in [0.25, 0.3) is 0 Å². The van der Waals surface area contributed by atoms with E-state index in [0.717, 1.165) is 24.5 Å². The monoisotopic (exact) mass is 436 g/mol. The van der Waals surface area contributed by atoms with E-state index in [-0.39, 0.29) is 16.7 Å². The predicted octanol–water partition coefficient (Wildman–Crippen LogP) is 5.12. The van der Waals surface area contributed by atoms with E-state index in [1.165, 1.54) is 41.3 Å². The van der Waals surface area contributed by atoms with Gasteiger partial charge in [-0.25, -0.2) is 0 Å². The highest BCUT2D eigenvalue weighted by molar-refractivity contribution is 8.02. The van der Waals surface area contributed by atoms with E-state index in [0.29, 0.717) is 10.0 Å². The van der Waals surface area contributed by atoms with Crippen molar-refractivity contribution in [3.8, 4) is 5.75 Å². The Labute approximate surface area is 169 Å². The third-order valence-corrected chi connectivity index (χ3v) is 5.64. The number of amides is 1. The van der Waals surface area contributed by atoms with Crippen LogP contribution < -0.4 is 15.4 Å². The number of nitrogens with zero attached hydrogens (tertiary/aromatic N) is 2. The van der Waals surface area contributed by atoms with Gasteiger partial charge < -0.3 is 15.4 Å². The molecule has 1 aromatic heterocycles. The summed E-state index contributed by atoms with van der Waals surface area (Å²) in [7, 11) is 0. The lowest BCUT2D eigenvalue weighted by atomic mass is 10.3. The number of unbranched alkanes of at least 4 members (excludes halogenated alkanes) is 1. The number of hydrogen-bond donors (Lipinski definition) is 2. The van der Waals surface area contributed by atoms with Crippen LogP contribution in [0.4, 0.5) is 19.6 Å². The van der Waals surface area contributed by atoms with Crippen LogP contribution >= 0.6 is 34.7 Å². The molecule has 1 aromatic carbocycles. The smallest absolute Gasteiger partial charge is 0.387 e. The number of alkyl halides is 2. The molecule has 1 amide bonds. The average Bonchev–Trinajstić information content (AvgIpc) is 3.04. The third kappa shape index (κ3) is 7.11. The molecule has 2 N–H and O–H groups in total. The minimum atomic E-state index is -2.97. The van der Waals surface area contributed by atoms with E-state index in [2.05, 4.69) is 32.5 Å². The summed E-state index contributed by atoms with van der Waals surface area (Å²) in [4.78, 5) is 12.3. The summed E-state index contributed by atoms with van der Waals surface area (Å²) in [5, 5.41) is 14.2. The fourth-order valence-electron chi connectivity index (χ4n) is 1.92. The molecule has 0 saturated carbocycles. The van der Waals surface area contributed by atoms with E-state index in [1.54, 1.807) is 6.92 Å². The molecule has 6 nitrogen and oxygen atoms in total. The second-order valence-electron chi connectivity index (χ2n) is 5.43. The van der Waals surface area contributed by atoms with Crippen LogP contribution in [0.3, 0.4) is 0 Å². The highest BCUT2D eigenvalue weighted by atomic mass is 35.5. The van der Waals surface area contributed by atoms with E-state index in [1.807, 2.05) is 0 Å². The van der Waals surface area contributed by atoms with Crippen molar-refractivity contribution in [3.05, 3.63) is 23.2 Å². The molecular formula is C16H19ClF2N4O2S2. The summed E-state index contributed by atoms with van der Waals surface area (Å²) in [5.41, 5.74) is 0.387. The van der Waals surface area contributed by atoms with Gasteiger partial charge in [0.1, 0.15) is 5.75 Å². The van der Waals surface area contributed by atoms with E-state index in [4.69, 9.17) is 11.6 Å². The van der Waals surface area contributed by atoms with Crippen molar-refractivity contribution in [3.63, 3.8) is 0 Å². The molecule has 148 valence electrons. The molecule has 0 aliphatic heterocycles. The normalized spacial score (nSPS) is 12.1. The molecule has 0 fully saturated rings. The maximum Gasteiger partial charge on any atom is 0.387 e. The number of carbonyl (C=O) groups is 1. The van der Waals surface area contributed by atoms with Crippen molar-refractivity contribution < 1.29 is 18.3 Å². The number of ether oxygens (including phenoxy) is 1. The number of rotatable bonds is 10. The van der Waals surface area contributed by atoms with Crippen molar-refractivity contribution in [1.29, 1.82) is 0 Å². The van der Waals surface area contributed by atoms with Crippen LogP contribution in [0.2, 0.25) is 5.02 Å². The molecule has 0 radical (unpaired) electrons.